The molecule has 1 atom stereocenters. The smallest absolute Gasteiger partial charge is 0.292 e. The highest BCUT2D eigenvalue weighted by Crippen LogP contribution is 2.09. The van der Waals surface area contributed by atoms with E-state index in [4.69, 9.17) is 10.00 Å². The summed E-state index contributed by atoms with van der Waals surface area (Å²) < 4.78 is 7.11. The molecule has 0 aliphatic heterocycles. The number of rotatable bonds is 5. The standard InChI is InChI=1S/C17H18N2O2/c1-13-5-7-15(8-6-13)12-21-16-4-3-9-19(17(16)20)11-14(2)10-18/h3-9,14H,11-12H2,1-2H3. The van der Waals surface area contributed by atoms with Gasteiger partial charge in [0, 0.05) is 12.7 Å². The Balaban J connectivity index is 2.10. The van der Waals surface area contributed by atoms with Gasteiger partial charge in [-0.15, -0.1) is 0 Å². The molecule has 0 fully saturated rings. The molecule has 0 aliphatic carbocycles. The fraction of sp³-hybridized carbons (Fsp3) is 0.294. The number of nitrogens with zero attached hydrogens (tertiary/aromatic N) is 2. The number of benzene rings is 1. The van der Waals surface area contributed by atoms with Gasteiger partial charge in [-0.1, -0.05) is 29.8 Å². The fourth-order valence-corrected chi connectivity index (χ4v) is 1.95. The normalized spacial score (nSPS) is 11.7. The zero-order chi connectivity index (χ0) is 15.2. The van der Waals surface area contributed by atoms with E-state index in [0.717, 1.165) is 5.56 Å². The first-order valence-electron chi connectivity index (χ1n) is 6.87. The molecule has 108 valence electrons. The van der Waals surface area contributed by atoms with Crippen LogP contribution in [0.3, 0.4) is 0 Å². The molecule has 0 spiro atoms. The third-order valence-corrected chi connectivity index (χ3v) is 3.19. The van der Waals surface area contributed by atoms with Crippen LogP contribution in [-0.4, -0.2) is 4.57 Å². The highest BCUT2D eigenvalue weighted by molar-refractivity contribution is 5.22. The van der Waals surface area contributed by atoms with Crippen molar-refractivity contribution >= 4 is 0 Å². The second-order valence-electron chi connectivity index (χ2n) is 5.13. The highest BCUT2D eigenvalue weighted by Gasteiger charge is 2.07. The lowest BCUT2D eigenvalue weighted by atomic mass is 10.2. The summed E-state index contributed by atoms with van der Waals surface area (Å²) in [4.78, 5) is 12.2. The van der Waals surface area contributed by atoms with Gasteiger partial charge < -0.3 is 9.30 Å². The topological polar surface area (TPSA) is 55.0 Å². The van der Waals surface area contributed by atoms with E-state index in [0.29, 0.717) is 18.9 Å². The number of ether oxygens (including phenoxy) is 1. The second kappa shape index (κ2) is 6.76. The molecule has 0 radical (unpaired) electrons. The molecule has 1 aromatic heterocycles. The minimum atomic E-state index is -0.213. The van der Waals surface area contributed by atoms with Crippen LogP contribution >= 0.6 is 0 Å². The summed E-state index contributed by atoms with van der Waals surface area (Å²) in [6.45, 7) is 4.54. The predicted octanol–water partition coefficient (Wildman–Crippen LogP) is 2.90. The van der Waals surface area contributed by atoms with Crippen LogP contribution in [0, 0.1) is 24.2 Å². The third-order valence-electron chi connectivity index (χ3n) is 3.19. The Bertz CT molecular complexity index is 696. The Hall–Kier alpha value is -2.54. The first kappa shape index (κ1) is 14.9. The van der Waals surface area contributed by atoms with Crippen molar-refractivity contribution in [2.75, 3.05) is 0 Å². The molecular weight excluding hydrogens is 264 g/mol. The molecule has 0 amide bonds. The van der Waals surface area contributed by atoms with Gasteiger partial charge in [-0.3, -0.25) is 4.79 Å². The van der Waals surface area contributed by atoms with E-state index in [-0.39, 0.29) is 11.5 Å². The summed E-state index contributed by atoms with van der Waals surface area (Å²) in [5.74, 6) is 0.0956. The number of aromatic nitrogens is 1. The van der Waals surface area contributed by atoms with Crippen molar-refractivity contribution in [2.45, 2.75) is 27.0 Å². The summed E-state index contributed by atoms with van der Waals surface area (Å²) in [5.41, 5.74) is 2.00. The second-order valence-corrected chi connectivity index (χ2v) is 5.13. The van der Waals surface area contributed by atoms with Crippen LogP contribution < -0.4 is 10.3 Å². The Morgan fingerprint density at radius 1 is 1.29 bits per heavy atom. The average Bonchev–Trinajstić information content (AvgIpc) is 2.49. The minimum absolute atomic E-state index is 0.202. The lowest BCUT2D eigenvalue weighted by molar-refractivity contribution is 0.298. The lowest BCUT2D eigenvalue weighted by Crippen LogP contribution is -2.23. The maximum absolute atomic E-state index is 12.2. The molecule has 0 saturated carbocycles. The zero-order valence-corrected chi connectivity index (χ0v) is 12.2. The van der Waals surface area contributed by atoms with Crippen LogP contribution in [0.2, 0.25) is 0 Å². The molecule has 0 N–H and O–H groups in total. The molecule has 1 heterocycles. The van der Waals surface area contributed by atoms with E-state index in [1.807, 2.05) is 31.2 Å². The van der Waals surface area contributed by atoms with Crippen LogP contribution in [0.15, 0.2) is 47.4 Å². The van der Waals surface area contributed by atoms with Gasteiger partial charge in [-0.05, 0) is 31.5 Å². The Morgan fingerprint density at radius 2 is 2.00 bits per heavy atom. The molecule has 0 saturated heterocycles. The van der Waals surface area contributed by atoms with Gasteiger partial charge in [0.25, 0.3) is 5.56 Å². The van der Waals surface area contributed by atoms with Gasteiger partial charge in [0.1, 0.15) is 6.61 Å². The Kier molecular flexibility index (Phi) is 4.78. The largest absolute Gasteiger partial charge is 0.483 e. The van der Waals surface area contributed by atoms with Crippen LogP contribution in [0.1, 0.15) is 18.1 Å². The van der Waals surface area contributed by atoms with Crippen molar-refractivity contribution in [3.63, 3.8) is 0 Å². The maximum Gasteiger partial charge on any atom is 0.292 e. The molecular formula is C17H18N2O2. The molecule has 1 aromatic carbocycles. The van der Waals surface area contributed by atoms with Gasteiger partial charge in [0.05, 0.1) is 12.0 Å². The fourth-order valence-electron chi connectivity index (χ4n) is 1.95. The summed E-state index contributed by atoms with van der Waals surface area (Å²) in [7, 11) is 0. The molecule has 4 nitrogen and oxygen atoms in total. The summed E-state index contributed by atoms with van der Waals surface area (Å²) in [5, 5.41) is 8.83. The van der Waals surface area contributed by atoms with Gasteiger partial charge >= 0.3 is 0 Å². The maximum atomic E-state index is 12.2. The first-order valence-corrected chi connectivity index (χ1v) is 6.87. The van der Waals surface area contributed by atoms with Crippen molar-refractivity contribution in [3.05, 3.63) is 64.1 Å². The number of nitriles is 1. The molecule has 1 unspecified atom stereocenters. The van der Waals surface area contributed by atoms with Crippen LogP contribution in [0.5, 0.6) is 5.75 Å². The number of pyridine rings is 1. The Morgan fingerprint density at radius 3 is 2.67 bits per heavy atom. The monoisotopic (exact) mass is 282 g/mol. The average molecular weight is 282 g/mol. The molecule has 0 aliphatic rings. The van der Waals surface area contributed by atoms with Crippen molar-refractivity contribution < 1.29 is 4.74 Å². The van der Waals surface area contributed by atoms with Gasteiger partial charge in [-0.25, -0.2) is 0 Å². The molecule has 0 bridgehead atoms. The quantitative estimate of drug-likeness (QED) is 0.847. The molecule has 4 heteroatoms. The predicted molar refractivity (Wildman–Crippen MR) is 81.0 cm³/mol. The molecule has 2 aromatic rings. The number of aryl methyl sites for hydroxylation is 1. The van der Waals surface area contributed by atoms with E-state index >= 15 is 0 Å². The van der Waals surface area contributed by atoms with E-state index in [2.05, 4.69) is 6.07 Å². The number of hydrogen-bond donors (Lipinski definition) is 0. The Labute approximate surface area is 124 Å². The zero-order valence-electron chi connectivity index (χ0n) is 12.2. The SMILES string of the molecule is Cc1ccc(COc2cccn(CC(C)C#N)c2=O)cc1. The van der Waals surface area contributed by atoms with Crippen LogP contribution in [-0.2, 0) is 13.2 Å². The van der Waals surface area contributed by atoms with Gasteiger partial charge in [-0.2, -0.15) is 5.26 Å². The van der Waals surface area contributed by atoms with Crippen LogP contribution in [0.4, 0.5) is 0 Å². The first-order chi connectivity index (χ1) is 10.1. The minimum Gasteiger partial charge on any atom is -0.483 e. The van der Waals surface area contributed by atoms with Gasteiger partial charge in [0.2, 0.25) is 0 Å². The lowest BCUT2D eigenvalue weighted by Gasteiger charge is -2.10. The van der Waals surface area contributed by atoms with Crippen molar-refractivity contribution in [1.82, 2.24) is 4.57 Å². The molecule has 21 heavy (non-hydrogen) atoms. The van der Waals surface area contributed by atoms with Gasteiger partial charge in [0.15, 0.2) is 5.75 Å². The van der Waals surface area contributed by atoms with E-state index in [1.54, 1.807) is 25.3 Å². The van der Waals surface area contributed by atoms with Crippen molar-refractivity contribution in [3.8, 4) is 11.8 Å². The van der Waals surface area contributed by atoms with E-state index in [9.17, 15) is 4.79 Å². The van der Waals surface area contributed by atoms with E-state index in [1.165, 1.54) is 10.1 Å². The highest BCUT2D eigenvalue weighted by atomic mass is 16.5. The van der Waals surface area contributed by atoms with Crippen molar-refractivity contribution in [1.29, 1.82) is 5.26 Å². The van der Waals surface area contributed by atoms with Crippen molar-refractivity contribution in [2.24, 2.45) is 5.92 Å². The molecule has 2 rings (SSSR count). The summed E-state index contributed by atoms with van der Waals surface area (Å²) in [6, 6.07) is 13.5. The summed E-state index contributed by atoms with van der Waals surface area (Å²) >= 11 is 0. The summed E-state index contributed by atoms with van der Waals surface area (Å²) in [6.07, 6.45) is 1.68. The third kappa shape index (κ3) is 3.96. The number of hydrogen-bond acceptors (Lipinski definition) is 3. The van der Waals surface area contributed by atoms with E-state index < -0.39 is 0 Å². The van der Waals surface area contributed by atoms with Crippen LogP contribution in [0.25, 0.3) is 0 Å².